The number of pyridine rings is 1. The van der Waals surface area contributed by atoms with E-state index >= 15 is 0 Å². The summed E-state index contributed by atoms with van der Waals surface area (Å²) in [6, 6.07) is 10.2. The van der Waals surface area contributed by atoms with Crippen molar-refractivity contribution in [1.29, 1.82) is 5.26 Å². The number of para-hydroxylation sites is 1. The number of nitrogens with zero attached hydrogens (tertiary/aromatic N) is 2. The van der Waals surface area contributed by atoms with Gasteiger partial charge >= 0.3 is 0 Å². The molecule has 1 heterocycles. The van der Waals surface area contributed by atoms with Gasteiger partial charge in [0.15, 0.2) is 0 Å². The van der Waals surface area contributed by atoms with Gasteiger partial charge in [0.2, 0.25) is 0 Å². The predicted octanol–water partition coefficient (Wildman–Crippen LogP) is 3.61. The van der Waals surface area contributed by atoms with Gasteiger partial charge in [-0.05, 0) is 18.2 Å². The van der Waals surface area contributed by atoms with Gasteiger partial charge in [0.1, 0.15) is 6.07 Å². The fourth-order valence-corrected chi connectivity index (χ4v) is 2.55. The van der Waals surface area contributed by atoms with E-state index in [0.717, 1.165) is 28.0 Å². The predicted molar refractivity (Wildman–Crippen MR) is 67.5 cm³/mol. The molecular formula is C13H12N2S. The van der Waals surface area contributed by atoms with Crippen LogP contribution in [0.3, 0.4) is 0 Å². The van der Waals surface area contributed by atoms with Gasteiger partial charge in [-0.15, -0.1) is 11.8 Å². The van der Waals surface area contributed by atoms with Crippen molar-refractivity contribution in [1.82, 2.24) is 4.98 Å². The average Bonchev–Trinajstić information content (AvgIpc) is 2.35. The largest absolute Gasteiger partial charge is 0.255 e. The number of thioether (sulfide) groups is 1. The van der Waals surface area contributed by atoms with E-state index in [1.165, 1.54) is 0 Å². The van der Waals surface area contributed by atoms with Crippen LogP contribution in [-0.4, -0.2) is 10.7 Å². The van der Waals surface area contributed by atoms with Gasteiger partial charge in [-0.3, -0.25) is 4.98 Å². The van der Waals surface area contributed by atoms with Gasteiger partial charge in [-0.2, -0.15) is 5.26 Å². The Bertz CT molecular complexity index is 543. The summed E-state index contributed by atoms with van der Waals surface area (Å²) in [5, 5.41) is 10.2. The minimum atomic E-state index is 0.678. The summed E-state index contributed by atoms with van der Waals surface area (Å²) < 4.78 is 0. The Morgan fingerprint density at radius 1 is 1.38 bits per heavy atom. The molecule has 1 aromatic heterocycles. The van der Waals surface area contributed by atoms with Crippen molar-refractivity contribution >= 4 is 22.7 Å². The van der Waals surface area contributed by atoms with Crippen molar-refractivity contribution in [3.8, 4) is 6.07 Å². The maximum Gasteiger partial charge on any atom is 0.102 e. The summed E-state index contributed by atoms with van der Waals surface area (Å²) in [6.07, 6.45) is 2.77. The number of hydrogen-bond donors (Lipinski definition) is 0. The number of hydrogen-bond acceptors (Lipinski definition) is 3. The second-order valence-electron chi connectivity index (χ2n) is 3.48. The third-order valence-electron chi connectivity index (χ3n) is 2.30. The first kappa shape index (κ1) is 11.0. The van der Waals surface area contributed by atoms with Crippen LogP contribution >= 0.6 is 11.8 Å². The molecule has 3 heteroatoms. The Morgan fingerprint density at radius 2 is 2.19 bits per heavy atom. The lowest BCUT2D eigenvalue weighted by atomic mass is 10.2. The Kier molecular flexibility index (Phi) is 3.43. The summed E-state index contributed by atoms with van der Waals surface area (Å²) in [6.45, 7) is 2.14. The first-order valence-electron chi connectivity index (χ1n) is 5.27. The lowest BCUT2D eigenvalue weighted by Gasteiger charge is -2.06. The molecule has 1 aromatic carbocycles. The zero-order chi connectivity index (χ0) is 11.4. The summed E-state index contributed by atoms with van der Waals surface area (Å²) >= 11 is 1.74. The van der Waals surface area contributed by atoms with Gasteiger partial charge in [-0.1, -0.05) is 25.1 Å². The van der Waals surface area contributed by atoms with Gasteiger partial charge in [0.05, 0.1) is 11.1 Å². The van der Waals surface area contributed by atoms with Crippen molar-refractivity contribution in [3.05, 3.63) is 36.0 Å². The van der Waals surface area contributed by atoms with Crippen LogP contribution in [-0.2, 0) is 0 Å². The van der Waals surface area contributed by atoms with Gasteiger partial charge in [0.25, 0.3) is 0 Å². The van der Waals surface area contributed by atoms with E-state index < -0.39 is 0 Å². The lowest BCUT2D eigenvalue weighted by Crippen LogP contribution is -1.88. The van der Waals surface area contributed by atoms with Crippen molar-refractivity contribution < 1.29 is 0 Å². The Hall–Kier alpha value is -1.53. The van der Waals surface area contributed by atoms with Crippen LogP contribution in [0.5, 0.6) is 0 Å². The van der Waals surface area contributed by atoms with Crippen LogP contribution < -0.4 is 0 Å². The molecule has 2 aromatic rings. The topological polar surface area (TPSA) is 36.7 Å². The third-order valence-corrected chi connectivity index (χ3v) is 3.64. The Labute approximate surface area is 99.3 Å². The summed E-state index contributed by atoms with van der Waals surface area (Å²) in [4.78, 5) is 5.35. The Balaban J connectivity index is 2.60. The highest BCUT2D eigenvalue weighted by atomic mass is 32.2. The van der Waals surface area contributed by atoms with Gasteiger partial charge in [0, 0.05) is 16.5 Å². The Morgan fingerprint density at radius 3 is 2.94 bits per heavy atom. The molecule has 2 nitrogen and oxygen atoms in total. The first-order chi connectivity index (χ1) is 7.86. The molecule has 0 aliphatic rings. The maximum atomic E-state index is 9.07. The maximum absolute atomic E-state index is 9.07. The second-order valence-corrected chi connectivity index (χ2v) is 4.58. The summed E-state index contributed by atoms with van der Waals surface area (Å²) in [7, 11) is 0. The number of rotatable bonds is 3. The molecule has 0 atom stereocenters. The van der Waals surface area contributed by atoms with Crippen LogP contribution in [0.1, 0.15) is 18.9 Å². The van der Waals surface area contributed by atoms with E-state index in [1.54, 1.807) is 18.0 Å². The molecule has 80 valence electrons. The molecule has 0 N–H and O–H groups in total. The van der Waals surface area contributed by atoms with Crippen LogP contribution in [0, 0.1) is 11.3 Å². The lowest BCUT2D eigenvalue weighted by molar-refractivity contribution is 1.10. The molecule has 0 fully saturated rings. The van der Waals surface area contributed by atoms with Crippen molar-refractivity contribution in [2.45, 2.75) is 18.2 Å². The van der Waals surface area contributed by atoms with Crippen LogP contribution in [0.2, 0.25) is 0 Å². The molecule has 0 spiro atoms. The highest BCUT2D eigenvalue weighted by Crippen LogP contribution is 2.30. The zero-order valence-electron chi connectivity index (χ0n) is 9.10. The number of benzene rings is 1. The smallest absolute Gasteiger partial charge is 0.102 e. The average molecular weight is 228 g/mol. The van der Waals surface area contributed by atoms with E-state index in [2.05, 4.69) is 18.0 Å². The number of fused-ring (bicyclic) bond motifs is 1. The zero-order valence-corrected chi connectivity index (χ0v) is 9.92. The fourth-order valence-electron chi connectivity index (χ4n) is 1.56. The van der Waals surface area contributed by atoms with Crippen LogP contribution in [0.15, 0.2) is 35.4 Å². The standard InChI is InChI=1S/C13H12N2S/c1-2-7-16-13-10(8-14)9-15-12-6-4-3-5-11(12)13/h3-6,9H,2,7H2,1H3. The minimum absolute atomic E-state index is 0.678. The molecule has 0 amide bonds. The molecule has 0 saturated carbocycles. The molecular weight excluding hydrogens is 216 g/mol. The van der Waals surface area contributed by atoms with E-state index in [1.807, 2.05) is 24.3 Å². The third kappa shape index (κ3) is 2.02. The molecule has 16 heavy (non-hydrogen) atoms. The van der Waals surface area contributed by atoms with E-state index in [-0.39, 0.29) is 0 Å². The SMILES string of the molecule is CCCSc1c(C#N)cnc2ccccc12. The van der Waals surface area contributed by atoms with Crippen molar-refractivity contribution in [2.75, 3.05) is 5.75 Å². The van der Waals surface area contributed by atoms with E-state index in [9.17, 15) is 0 Å². The molecule has 0 unspecified atom stereocenters. The van der Waals surface area contributed by atoms with E-state index in [0.29, 0.717) is 5.56 Å². The number of nitriles is 1. The highest BCUT2D eigenvalue weighted by molar-refractivity contribution is 7.99. The molecule has 0 radical (unpaired) electrons. The fraction of sp³-hybridized carbons (Fsp3) is 0.231. The molecule has 0 aliphatic carbocycles. The van der Waals surface area contributed by atoms with E-state index in [4.69, 9.17) is 5.26 Å². The molecule has 0 aliphatic heterocycles. The van der Waals surface area contributed by atoms with Crippen molar-refractivity contribution in [3.63, 3.8) is 0 Å². The first-order valence-corrected chi connectivity index (χ1v) is 6.26. The minimum Gasteiger partial charge on any atom is -0.255 e. The number of aromatic nitrogens is 1. The summed E-state index contributed by atoms with van der Waals surface area (Å²) in [5.74, 6) is 1.03. The molecule has 0 saturated heterocycles. The second kappa shape index (κ2) is 5.00. The van der Waals surface area contributed by atoms with Gasteiger partial charge in [-0.25, -0.2) is 0 Å². The highest BCUT2D eigenvalue weighted by Gasteiger charge is 2.08. The molecule has 2 rings (SSSR count). The van der Waals surface area contributed by atoms with Crippen LogP contribution in [0.4, 0.5) is 0 Å². The normalized spacial score (nSPS) is 10.2. The van der Waals surface area contributed by atoms with Crippen LogP contribution in [0.25, 0.3) is 10.9 Å². The molecule has 0 bridgehead atoms. The summed E-state index contributed by atoms with van der Waals surface area (Å²) in [5.41, 5.74) is 1.64. The van der Waals surface area contributed by atoms with Crippen molar-refractivity contribution in [2.24, 2.45) is 0 Å². The quantitative estimate of drug-likeness (QED) is 0.753. The monoisotopic (exact) mass is 228 g/mol. The van der Waals surface area contributed by atoms with Gasteiger partial charge < -0.3 is 0 Å².